The summed E-state index contributed by atoms with van der Waals surface area (Å²) in [4.78, 5) is 0. The van der Waals surface area contributed by atoms with E-state index in [9.17, 15) is 0 Å². The Morgan fingerprint density at radius 1 is 1.36 bits per heavy atom. The molecule has 1 aliphatic rings. The summed E-state index contributed by atoms with van der Waals surface area (Å²) in [7, 11) is 2.22. The fourth-order valence-electron chi connectivity index (χ4n) is 1.06. The molecule has 0 aromatic heterocycles. The summed E-state index contributed by atoms with van der Waals surface area (Å²) < 4.78 is 5.10. The van der Waals surface area contributed by atoms with Gasteiger partial charge < -0.3 is 4.74 Å². The molecule has 0 saturated carbocycles. The predicted molar refractivity (Wildman–Crippen MR) is 46.4 cm³/mol. The summed E-state index contributed by atoms with van der Waals surface area (Å²) in [5.74, 6) is 0. The van der Waals surface area contributed by atoms with E-state index in [0.717, 1.165) is 12.9 Å². The predicted octanol–water partition coefficient (Wildman–Crippen LogP) is 0.833. The standard InChI is InChI=1S/C9H10BO/c1-2-4-8(5-3-1)10-6-9-7-11-9/h1-5,9H,6-7H2. The topological polar surface area (TPSA) is 12.5 Å². The summed E-state index contributed by atoms with van der Waals surface area (Å²) in [5, 5.41) is 0. The van der Waals surface area contributed by atoms with Gasteiger partial charge in [0, 0.05) is 0 Å². The second-order valence-corrected chi connectivity index (χ2v) is 2.81. The van der Waals surface area contributed by atoms with Gasteiger partial charge in [-0.3, -0.25) is 0 Å². The lowest BCUT2D eigenvalue weighted by Crippen LogP contribution is -2.14. The van der Waals surface area contributed by atoms with Crippen LogP contribution in [-0.4, -0.2) is 20.0 Å². The first-order chi connectivity index (χ1) is 5.45. The minimum absolute atomic E-state index is 0.509. The van der Waals surface area contributed by atoms with Gasteiger partial charge in [-0.25, -0.2) is 0 Å². The van der Waals surface area contributed by atoms with Crippen molar-refractivity contribution in [2.75, 3.05) is 6.61 Å². The molecular formula is C9H10BO. The van der Waals surface area contributed by atoms with E-state index in [1.54, 1.807) is 0 Å². The Hall–Kier alpha value is -0.755. The Balaban J connectivity index is 1.85. The van der Waals surface area contributed by atoms with E-state index in [0.29, 0.717) is 6.10 Å². The van der Waals surface area contributed by atoms with Crippen molar-refractivity contribution in [3.05, 3.63) is 30.3 Å². The van der Waals surface area contributed by atoms with Crippen molar-refractivity contribution in [1.29, 1.82) is 0 Å². The van der Waals surface area contributed by atoms with Crippen LogP contribution in [0.1, 0.15) is 0 Å². The number of ether oxygens (including phenoxy) is 1. The molecule has 11 heavy (non-hydrogen) atoms. The van der Waals surface area contributed by atoms with Gasteiger partial charge in [-0.1, -0.05) is 35.8 Å². The van der Waals surface area contributed by atoms with Gasteiger partial charge in [-0.2, -0.15) is 0 Å². The summed E-state index contributed by atoms with van der Waals surface area (Å²) in [6.45, 7) is 0.948. The normalized spacial score (nSPS) is 21.3. The van der Waals surface area contributed by atoms with Crippen molar-refractivity contribution in [2.24, 2.45) is 0 Å². The molecule has 1 fully saturated rings. The number of hydrogen-bond acceptors (Lipinski definition) is 1. The monoisotopic (exact) mass is 145 g/mol. The van der Waals surface area contributed by atoms with Crippen molar-refractivity contribution >= 4 is 12.7 Å². The molecule has 1 aromatic rings. The third kappa shape index (κ3) is 2.09. The van der Waals surface area contributed by atoms with Crippen LogP contribution in [0.2, 0.25) is 6.32 Å². The van der Waals surface area contributed by atoms with Gasteiger partial charge in [0.2, 0.25) is 0 Å². The largest absolute Gasteiger partial charge is 0.374 e. The van der Waals surface area contributed by atoms with Crippen LogP contribution in [0, 0.1) is 0 Å². The quantitative estimate of drug-likeness (QED) is 0.453. The SMILES string of the molecule is [B](CC1CO1)c1ccccc1. The molecule has 2 heteroatoms. The van der Waals surface area contributed by atoms with Gasteiger partial charge >= 0.3 is 0 Å². The number of epoxide rings is 1. The first kappa shape index (κ1) is 6.92. The maximum absolute atomic E-state index is 5.10. The van der Waals surface area contributed by atoms with Crippen LogP contribution in [0.4, 0.5) is 0 Å². The number of hydrogen-bond donors (Lipinski definition) is 0. The molecule has 2 rings (SSSR count). The molecule has 1 heterocycles. The van der Waals surface area contributed by atoms with Crippen LogP contribution in [0.3, 0.4) is 0 Å². The Morgan fingerprint density at radius 2 is 2.09 bits per heavy atom. The van der Waals surface area contributed by atoms with Gasteiger partial charge in [0.05, 0.1) is 12.7 Å². The lowest BCUT2D eigenvalue weighted by atomic mass is 9.66. The third-order valence-electron chi connectivity index (χ3n) is 1.82. The highest BCUT2D eigenvalue weighted by Gasteiger charge is 2.21. The van der Waals surface area contributed by atoms with Crippen LogP contribution >= 0.6 is 0 Å². The summed E-state index contributed by atoms with van der Waals surface area (Å²) in [6.07, 6.45) is 1.57. The minimum atomic E-state index is 0.509. The maximum Gasteiger partial charge on any atom is 0.154 e. The van der Waals surface area contributed by atoms with Gasteiger partial charge in [0.1, 0.15) is 0 Å². The van der Waals surface area contributed by atoms with Crippen molar-refractivity contribution in [2.45, 2.75) is 12.4 Å². The van der Waals surface area contributed by atoms with Crippen LogP contribution in [0.15, 0.2) is 30.3 Å². The second kappa shape index (κ2) is 3.10. The zero-order chi connectivity index (χ0) is 7.52. The van der Waals surface area contributed by atoms with E-state index in [1.807, 2.05) is 6.07 Å². The first-order valence-corrected chi connectivity index (χ1v) is 3.95. The molecule has 1 nitrogen and oxygen atoms in total. The summed E-state index contributed by atoms with van der Waals surface area (Å²) >= 11 is 0. The summed E-state index contributed by atoms with van der Waals surface area (Å²) in [5.41, 5.74) is 1.29. The molecule has 0 bridgehead atoms. The van der Waals surface area contributed by atoms with Crippen molar-refractivity contribution in [1.82, 2.24) is 0 Å². The molecule has 1 aromatic carbocycles. The third-order valence-corrected chi connectivity index (χ3v) is 1.82. The van der Waals surface area contributed by atoms with Crippen LogP contribution in [0.25, 0.3) is 0 Å². The highest BCUT2D eigenvalue weighted by atomic mass is 16.6. The Kier molecular flexibility index (Phi) is 1.95. The fourth-order valence-corrected chi connectivity index (χ4v) is 1.06. The van der Waals surface area contributed by atoms with Crippen LogP contribution in [-0.2, 0) is 4.74 Å². The lowest BCUT2D eigenvalue weighted by molar-refractivity contribution is 0.423. The molecular weight excluding hydrogens is 135 g/mol. The summed E-state index contributed by atoms with van der Waals surface area (Å²) in [6, 6.07) is 10.4. The van der Waals surface area contributed by atoms with E-state index in [1.165, 1.54) is 5.46 Å². The van der Waals surface area contributed by atoms with Crippen molar-refractivity contribution < 1.29 is 4.74 Å². The molecule has 1 aliphatic heterocycles. The van der Waals surface area contributed by atoms with Gasteiger partial charge in [0.25, 0.3) is 0 Å². The molecule has 1 saturated heterocycles. The van der Waals surface area contributed by atoms with Gasteiger partial charge in [0.15, 0.2) is 7.28 Å². The number of rotatable bonds is 3. The van der Waals surface area contributed by atoms with Gasteiger partial charge in [-0.05, 0) is 6.32 Å². The first-order valence-electron chi connectivity index (χ1n) is 3.95. The van der Waals surface area contributed by atoms with Crippen LogP contribution < -0.4 is 5.46 Å². The molecule has 1 atom stereocenters. The van der Waals surface area contributed by atoms with E-state index in [4.69, 9.17) is 4.74 Å². The van der Waals surface area contributed by atoms with Crippen molar-refractivity contribution in [3.8, 4) is 0 Å². The van der Waals surface area contributed by atoms with Gasteiger partial charge in [-0.15, -0.1) is 0 Å². The van der Waals surface area contributed by atoms with E-state index in [2.05, 4.69) is 31.5 Å². The highest BCUT2D eigenvalue weighted by molar-refractivity contribution is 6.53. The minimum Gasteiger partial charge on any atom is -0.374 e. The highest BCUT2D eigenvalue weighted by Crippen LogP contribution is 2.12. The fraction of sp³-hybridized carbons (Fsp3) is 0.333. The molecule has 0 spiro atoms. The van der Waals surface area contributed by atoms with Crippen molar-refractivity contribution in [3.63, 3.8) is 0 Å². The smallest absolute Gasteiger partial charge is 0.154 e. The Morgan fingerprint density at radius 3 is 2.73 bits per heavy atom. The molecule has 1 unspecified atom stereocenters. The van der Waals surface area contributed by atoms with Crippen LogP contribution in [0.5, 0.6) is 0 Å². The number of benzene rings is 1. The molecule has 0 aliphatic carbocycles. The average Bonchev–Trinajstić information content (AvgIpc) is 2.86. The van der Waals surface area contributed by atoms with E-state index >= 15 is 0 Å². The maximum atomic E-state index is 5.10. The second-order valence-electron chi connectivity index (χ2n) is 2.81. The molecule has 0 N–H and O–H groups in total. The van der Waals surface area contributed by atoms with E-state index in [-0.39, 0.29) is 0 Å². The zero-order valence-electron chi connectivity index (χ0n) is 6.36. The van der Waals surface area contributed by atoms with E-state index < -0.39 is 0 Å². The molecule has 55 valence electrons. The lowest BCUT2D eigenvalue weighted by Gasteiger charge is -1.94. The molecule has 0 amide bonds. The average molecular weight is 145 g/mol. The Bertz CT molecular complexity index is 218. The molecule has 1 radical (unpaired) electrons. The Labute approximate surface area is 67.6 Å². The zero-order valence-corrected chi connectivity index (χ0v) is 6.36.